The number of pyridine rings is 1. The molecule has 1 aliphatic heterocycles. The Balaban J connectivity index is 1.47. The molecule has 5 nitrogen and oxygen atoms in total. The quantitative estimate of drug-likeness (QED) is 0.885. The molecule has 124 valence electrons. The van der Waals surface area contributed by atoms with Gasteiger partial charge in [0.15, 0.2) is 0 Å². The Hall–Kier alpha value is -2.69. The van der Waals surface area contributed by atoms with Gasteiger partial charge in [0, 0.05) is 31.0 Å². The molecule has 1 aromatic heterocycles. The smallest absolute Gasteiger partial charge is 0.252 e. The molecule has 0 aliphatic carbocycles. The van der Waals surface area contributed by atoms with E-state index in [1.165, 1.54) is 5.56 Å². The van der Waals surface area contributed by atoms with E-state index in [0.29, 0.717) is 18.5 Å². The second kappa shape index (κ2) is 7.73. The highest BCUT2D eigenvalue weighted by molar-refractivity contribution is 5.97. The molecule has 2 heterocycles. The largest absolute Gasteiger partial charge is 0.341 e. The molecule has 2 amide bonds. The molecule has 0 radical (unpaired) electrons. The summed E-state index contributed by atoms with van der Waals surface area (Å²) >= 11 is 0. The number of nitrogens with zero attached hydrogens (tertiary/aromatic N) is 2. The van der Waals surface area contributed by atoms with Gasteiger partial charge in [-0.05, 0) is 37.0 Å². The topological polar surface area (TPSA) is 62.3 Å². The van der Waals surface area contributed by atoms with Gasteiger partial charge in [0.2, 0.25) is 5.91 Å². The Bertz CT molecular complexity index is 688. The summed E-state index contributed by atoms with van der Waals surface area (Å²) in [7, 11) is 0. The van der Waals surface area contributed by atoms with Gasteiger partial charge >= 0.3 is 0 Å². The molecule has 1 N–H and O–H groups in total. The maximum Gasteiger partial charge on any atom is 0.252 e. The van der Waals surface area contributed by atoms with Gasteiger partial charge < -0.3 is 10.2 Å². The molecular weight excluding hydrogens is 302 g/mol. The first-order valence-electron chi connectivity index (χ1n) is 8.27. The number of amides is 2. The first-order valence-corrected chi connectivity index (χ1v) is 8.27. The van der Waals surface area contributed by atoms with E-state index in [1.807, 2.05) is 23.1 Å². The van der Waals surface area contributed by atoms with Crippen LogP contribution >= 0.6 is 0 Å². The van der Waals surface area contributed by atoms with Crippen LogP contribution in [0.5, 0.6) is 0 Å². The average molecular weight is 323 g/mol. The highest BCUT2D eigenvalue weighted by atomic mass is 16.2. The molecule has 1 atom stereocenters. The standard InChI is InChI=1S/C19H21N3O2/c23-18(16-8-11-20-12-9-16)21-17-10-14-22(19(17)24)13-4-7-15-5-2-1-3-6-15/h1-3,5-6,8-9,11-12,17H,4,7,10,13-14H2,(H,21,23)/t17-/m1/s1. The summed E-state index contributed by atoms with van der Waals surface area (Å²) in [5.41, 5.74) is 1.81. The van der Waals surface area contributed by atoms with Crippen molar-refractivity contribution in [2.75, 3.05) is 13.1 Å². The van der Waals surface area contributed by atoms with Crippen LogP contribution in [-0.2, 0) is 11.2 Å². The van der Waals surface area contributed by atoms with Gasteiger partial charge in [0.1, 0.15) is 6.04 Å². The fraction of sp³-hybridized carbons (Fsp3) is 0.316. The Labute approximate surface area is 141 Å². The van der Waals surface area contributed by atoms with Crippen LogP contribution in [0.2, 0.25) is 0 Å². The summed E-state index contributed by atoms with van der Waals surface area (Å²) in [5.74, 6) is -0.202. The fourth-order valence-electron chi connectivity index (χ4n) is 2.96. The Morgan fingerprint density at radius 3 is 2.67 bits per heavy atom. The number of hydrogen-bond acceptors (Lipinski definition) is 3. The first-order chi connectivity index (χ1) is 11.7. The lowest BCUT2D eigenvalue weighted by Crippen LogP contribution is -2.41. The number of hydrogen-bond donors (Lipinski definition) is 1. The van der Waals surface area contributed by atoms with E-state index in [1.54, 1.807) is 24.5 Å². The van der Waals surface area contributed by atoms with Crippen LogP contribution in [0.4, 0.5) is 0 Å². The maximum atomic E-state index is 12.4. The third-order valence-electron chi connectivity index (χ3n) is 4.28. The number of aromatic nitrogens is 1. The van der Waals surface area contributed by atoms with Crippen LogP contribution in [0.25, 0.3) is 0 Å². The molecular formula is C19H21N3O2. The van der Waals surface area contributed by atoms with Crippen molar-refractivity contribution in [3.05, 3.63) is 66.0 Å². The summed E-state index contributed by atoms with van der Waals surface area (Å²) in [4.78, 5) is 30.3. The molecule has 0 bridgehead atoms. The Morgan fingerprint density at radius 2 is 1.92 bits per heavy atom. The minimum Gasteiger partial charge on any atom is -0.341 e. The van der Waals surface area contributed by atoms with E-state index in [2.05, 4.69) is 22.4 Å². The van der Waals surface area contributed by atoms with E-state index < -0.39 is 6.04 Å². The van der Waals surface area contributed by atoms with Gasteiger partial charge in [-0.25, -0.2) is 0 Å². The highest BCUT2D eigenvalue weighted by Gasteiger charge is 2.32. The van der Waals surface area contributed by atoms with E-state index >= 15 is 0 Å². The van der Waals surface area contributed by atoms with Crippen molar-refractivity contribution >= 4 is 11.8 Å². The number of nitrogens with one attached hydrogen (secondary N) is 1. The van der Waals surface area contributed by atoms with Crippen LogP contribution < -0.4 is 5.32 Å². The fourth-order valence-corrected chi connectivity index (χ4v) is 2.96. The maximum absolute atomic E-state index is 12.4. The van der Waals surface area contributed by atoms with E-state index in [4.69, 9.17) is 0 Å². The molecule has 1 fully saturated rings. The van der Waals surface area contributed by atoms with Crippen molar-refractivity contribution in [2.45, 2.75) is 25.3 Å². The van der Waals surface area contributed by atoms with Crippen LogP contribution in [0.1, 0.15) is 28.8 Å². The van der Waals surface area contributed by atoms with Crippen LogP contribution in [0.15, 0.2) is 54.9 Å². The predicted octanol–water partition coefficient (Wildman–Crippen LogP) is 2.05. The van der Waals surface area contributed by atoms with E-state index in [0.717, 1.165) is 19.4 Å². The zero-order chi connectivity index (χ0) is 16.8. The van der Waals surface area contributed by atoms with Crippen molar-refractivity contribution in [1.29, 1.82) is 0 Å². The third-order valence-corrected chi connectivity index (χ3v) is 4.28. The van der Waals surface area contributed by atoms with Gasteiger partial charge in [-0.15, -0.1) is 0 Å². The van der Waals surface area contributed by atoms with Crippen molar-refractivity contribution in [2.24, 2.45) is 0 Å². The van der Waals surface area contributed by atoms with Gasteiger partial charge in [-0.1, -0.05) is 30.3 Å². The molecule has 0 unspecified atom stereocenters. The Morgan fingerprint density at radius 1 is 1.17 bits per heavy atom. The lowest BCUT2D eigenvalue weighted by Gasteiger charge is -2.17. The van der Waals surface area contributed by atoms with Crippen LogP contribution in [0.3, 0.4) is 0 Å². The molecule has 1 saturated heterocycles. The van der Waals surface area contributed by atoms with Crippen LogP contribution in [-0.4, -0.2) is 40.8 Å². The van der Waals surface area contributed by atoms with Crippen molar-refractivity contribution < 1.29 is 9.59 Å². The minimum atomic E-state index is -0.414. The molecule has 0 saturated carbocycles. The number of carbonyl (C=O) groups excluding carboxylic acids is 2. The Kier molecular flexibility index (Phi) is 5.21. The zero-order valence-electron chi connectivity index (χ0n) is 13.5. The van der Waals surface area contributed by atoms with Gasteiger partial charge in [0.25, 0.3) is 5.91 Å². The molecule has 5 heteroatoms. The van der Waals surface area contributed by atoms with Gasteiger partial charge in [-0.2, -0.15) is 0 Å². The summed E-state index contributed by atoms with van der Waals surface area (Å²) < 4.78 is 0. The second-order valence-corrected chi connectivity index (χ2v) is 5.97. The summed E-state index contributed by atoms with van der Waals surface area (Å²) in [5, 5.41) is 2.83. The number of benzene rings is 1. The molecule has 3 rings (SSSR count). The second-order valence-electron chi connectivity index (χ2n) is 5.97. The number of likely N-dealkylation sites (tertiary alicyclic amines) is 1. The number of carbonyl (C=O) groups is 2. The number of rotatable bonds is 6. The number of aryl methyl sites for hydroxylation is 1. The summed E-state index contributed by atoms with van der Waals surface area (Å²) in [6, 6.07) is 13.1. The van der Waals surface area contributed by atoms with Gasteiger partial charge in [0.05, 0.1) is 0 Å². The normalized spacial score (nSPS) is 17.1. The monoisotopic (exact) mass is 323 g/mol. The molecule has 24 heavy (non-hydrogen) atoms. The van der Waals surface area contributed by atoms with Crippen molar-refractivity contribution in [3.8, 4) is 0 Å². The van der Waals surface area contributed by atoms with E-state index in [9.17, 15) is 9.59 Å². The average Bonchev–Trinajstić information content (AvgIpc) is 2.97. The molecule has 1 aliphatic rings. The highest BCUT2D eigenvalue weighted by Crippen LogP contribution is 2.13. The first kappa shape index (κ1) is 16.2. The lowest BCUT2D eigenvalue weighted by atomic mass is 10.1. The zero-order valence-corrected chi connectivity index (χ0v) is 13.5. The van der Waals surface area contributed by atoms with E-state index in [-0.39, 0.29) is 11.8 Å². The minimum absolute atomic E-state index is 0.0190. The molecule has 1 aromatic carbocycles. The van der Waals surface area contributed by atoms with Crippen molar-refractivity contribution in [3.63, 3.8) is 0 Å². The van der Waals surface area contributed by atoms with Crippen molar-refractivity contribution in [1.82, 2.24) is 15.2 Å². The third kappa shape index (κ3) is 3.98. The summed E-state index contributed by atoms with van der Waals surface area (Å²) in [6.07, 6.45) is 5.70. The van der Waals surface area contributed by atoms with Gasteiger partial charge in [-0.3, -0.25) is 14.6 Å². The SMILES string of the molecule is O=C(N[C@@H]1CCN(CCCc2ccccc2)C1=O)c1ccncc1. The predicted molar refractivity (Wildman–Crippen MR) is 91.5 cm³/mol. The molecule has 0 spiro atoms. The van der Waals surface area contributed by atoms with Crippen LogP contribution in [0, 0.1) is 0 Å². The lowest BCUT2D eigenvalue weighted by molar-refractivity contribution is -0.129. The molecule has 2 aromatic rings. The summed E-state index contributed by atoms with van der Waals surface area (Å²) in [6.45, 7) is 1.43.